The van der Waals surface area contributed by atoms with Crippen LogP contribution in [0, 0.1) is 0 Å². The van der Waals surface area contributed by atoms with Crippen molar-refractivity contribution in [1.29, 1.82) is 0 Å². The molecule has 0 saturated carbocycles. The molecule has 1 aromatic carbocycles. The predicted molar refractivity (Wildman–Crippen MR) is 121 cm³/mol. The van der Waals surface area contributed by atoms with E-state index in [0.717, 1.165) is 31.1 Å². The minimum Gasteiger partial charge on any atom is -0.463 e. The number of urea groups is 1. The molecule has 0 bridgehead atoms. The zero-order valence-electron chi connectivity index (χ0n) is 18.3. The molecule has 0 radical (unpaired) electrons. The highest BCUT2D eigenvalue weighted by molar-refractivity contribution is 7.99. The Labute approximate surface area is 191 Å². The van der Waals surface area contributed by atoms with Crippen LogP contribution in [0.1, 0.15) is 32.5 Å². The molecular formula is C22H28N6O3S. The summed E-state index contributed by atoms with van der Waals surface area (Å²) in [5.74, 6) is 0.811. The number of benzene rings is 1. The van der Waals surface area contributed by atoms with Crippen LogP contribution in [0.2, 0.25) is 0 Å². The molecule has 1 atom stereocenters. The minimum absolute atomic E-state index is 0.269. The van der Waals surface area contributed by atoms with Crippen molar-refractivity contribution in [1.82, 2.24) is 30.3 Å². The fourth-order valence-electron chi connectivity index (χ4n) is 4.00. The van der Waals surface area contributed by atoms with E-state index >= 15 is 0 Å². The molecule has 1 unspecified atom stereocenters. The van der Waals surface area contributed by atoms with Crippen LogP contribution < -0.4 is 10.6 Å². The normalized spacial score (nSPS) is 19.1. The summed E-state index contributed by atoms with van der Waals surface area (Å²) in [4.78, 5) is 26.9. The molecule has 10 heteroatoms. The van der Waals surface area contributed by atoms with Gasteiger partial charge in [0.1, 0.15) is 0 Å². The van der Waals surface area contributed by atoms with Gasteiger partial charge in [-0.2, -0.15) is 0 Å². The van der Waals surface area contributed by atoms with E-state index in [0.29, 0.717) is 22.2 Å². The van der Waals surface area contributed by atoms with Gasteiger partial charge < -0.3 is 15.4 Å². The highest BCUT2D eigenvalue weighted by Crippen LogP contribution is 2.27. The summed E-state index contributed by atoms with van der Waals surface area (Å²) >= 11 is 1.43. The van der Waals surface area contributed by atoms with Gasteiger partial charge in [0.15, 0.2) is 11.0 Å². The number of ether oxygens (including phenoxy) is 1. The molecule has 1 fully saturated rings. The van der Waals surface area contributed by atoms with E-state index in [1.165, 1.54) is 24.6 Å². The van der Waals surface area contributed by atoms with E-state index in [9.17, 15) is 9.59 Å². The van der Waals surface area contributed by atoms with Gasteiger partial charge in [-0.3, -0.25) is 9.47 Å². The second kappa shape index (κ2) is 10.2. The monoisotopic (exact) mass is 456 g/mol. The van der Waals surface area contributed by atoms with Crippen LogP contribution in [-0.2, 0) is 16.1 Å². The Balaban J connectivity index is 1.62. The lowest BCUT2D eigenvalue weighted by Gasteiger charge is -2.26. The van der Waals surface area contributed by atoms with E-state index in [1.807, 2.05) is 30.3 Å². The molecule has 1 aromatic heterocycles. The first-order valence-electron chi connectivity index (χ1n) is 10.9. The Morgan fingerprint density at radius 2 is 1.97 bits per heavy atom. The van der Waals surface area contributed by atoms with Gasteiger partial charge in [0.05, 0.1) is 24.8 Å². The minimum atomic E-state index is -0.434. The molecule has 4 rings (SSSR count). The molecule has 2 N–H and O–H groups in total. The van der Waals surface area contributed by atoms with Crippen LogP contribution in [0.3, 0.4) is 0 Å². The topological polar surface area (TPSA) is 101 Å². The maximum atomic E-state index is 12.5. The highest BCUT2D eigenvalue weighted by atomic mass is 32.2. The van der Waals surface area contributed by atoms with Crippen molar-refractivity contribution < 1.29 is 14.3 Å². The summed E-state index contributed by atoms with van der Waals surface area (Å²) in [6.45, 7) is 6.67. The fourth-order valence-corrected chi connectivity index (χ4v) is 4.94. The van der Waals surface area contributed by atoms with Crippen molar-refractivity contribution in [2.45, 2.75) is 44.4 Å². The number of para-hydroxylation sites is 1. The number of hydrogen-bond acceptors (Lipinski definition) is 7. The molecule has 2 aromatic rings. The number of thioether (sulfide) groups is 1. The summed E-state index contributed by atoms with van der Waals surface area (Å²) in [6, 6.07) is 9.23. The Hall–Kier alpha value is -2.85. The van der Waals surface area contributed by atoms with Crippen LogP contribution in [0.25, 0.3) is 5.69 Å². The molecule has 0 aliphatic carbocycles. The van der Waals surface area contributed by atoms with E-state index in [4.69, 9.17) is 4.74 Å². The van der Waals surface area contributed by atoms with Crippen molar-refractivity contribution in [2.24, 2.45) is 0 Å². The van der Waals surface area contributed by atoms with Gasteiger partial charge in [0.2, 0.25) is 0 Å². The quantitative estimate of drug-likeness (QED) is 0.465. The van der Waals surface area contributed by atoms with Crippen molar-refractivity contribution in [3.8, 4) is 5.69 Å². The van der Waals surface area contributed by atoms with E-state index in [-0.39, 0.29) is 12.6 Å². The summed E-state index contributed by atoms with van der Waals surface area (Å²) in [6.07, 6.45) is 2.41. The lowest BCUT2D eigenvalue weighted by Crippen LogP contribution is -2.49. The third-order valence-corrected chi connectivity index (χ3v) is 6.45. The first-order valence-corrected chi connectivity index (χ1v) is 11.9. The summed E-state index contributed by atoms with van der Waals surface area (Å²) < 4.78 is 7.26. The molecule has 1 saturated heterocycles. The average molecular weight is 457 g/mol. The van der Waals surface area contributed by atoms with Crippen molar-refractivity contribution in [2.75, 3.05) is 25.4 Å². The molecule has 2 aliphatic heterocycles. The van der Waals surface area contributed by atoms with Gasteiger partial charge in [0, 0.05) is 17.1 Å². The van der Waals surface area contributed by atoms with Gasteiger partial charge in [-0.05, 0) is 51.9 Å². The number of hydrogen-bond donors (Lipinski definition) is 2. The third kappa shape index (κ3) is 4.97. The first kappa shape index (κ1) is 22.3. The number of nitrogens with one attached hydrogen (secondary N) is 2. The Morgan fingerprint density at radius 1 is 1.22 bits per heavy atom. The summed E-state index contributed by atoms with van der Waals surface area (Å²) in [7, 11) is 0. The number of rotatable bonds is 8. The number of carbonyl (C=O) groups is 2. The summed E-state index contributed by atoms with van der Waals surface area (Å²) in [5, 5.41) is 15.1. The smallest absolute Gasteiger partial charge is 0.337 e. The first-order chi connectivity index (χ1) is 15.6. The Kier molecular flexibility index (Phi) is 7.11. The number of nitrogens with zero attached hydrogens (tertiary/aromatic N) is 4. The molecule has 9 nitrogen and oxygen atoms in total. The van der Waals surface area contributed by atoms with Gasteiger partial charge in [-0.15, -0.1) is 10.2 Å². The van der Waals surface area contributed by atoms with Crippen LogP contribution in [0.15, 0.2) is 46.8 Å². The van der Waals surface area contributed by atoms with E-state index < -0.39 is 12.0 Å². The largest absolute Gasteiger partial charge is 0.463 e. The highest BCUT2D eigenvalue weighted by Gasteiger charge is 2.30. The molecule has 170 valence electrons. The Morgan fingerprint density at radius 3 is 2.69 bits per heavy atom. The SMILES string of the molecule is CCOC(=O)C1=C(CSc2nnc(CN3CCCC3)n2-c2ccccc2)NC(=O)NC1C. The van der Waals surface area contributed by atoms with Crippen molar-refractivity contribution in [3.05, 3.63) is 47.4 Å². The second-order valence-corrected chi connectivity index (χ2v) is 8.72. The van der Waals surface area contributed by atoms with E-state index in [1.54, 1.807) is 13.8 Å². The van der Waals surface area contributed by atoms with Gasteiger partial charge >= 0.3 is 12.0 Å². The van der Waals surface area contributed by atoms with Gasteiger partial charge in [-0.1, -0.05) is 30.0 Å². The molecule has 0 spiro atoms. The predicted octanol–water partition coefficient (Wildman–Crippen LogP) is 2.47. The lowest BCUT2D eigenvalue weighted by molar-refractivity contribution is -0.138. The number of amides is 2. The standard InChI is InChI=1S/C22H28N6O3S/c1-3-31-20(29)19-15(2)23-21(30)24-17(19)14-32-22-26-25-18(13-27-11-7-8-12-27)28(22)16-9-5-4-6-10-16/h4-6,9-10,15H,3,7-8,11-14H2,1-2H3,(H2,23,24,30). The number of likely N-dealkylation sites (tertiary alicyclic amines) is 1. The number of aromatic nitrogens is 3. The molecule has 3 heterocycles. The van der Waals surface area contributed by atoms with Crippen LogP contribution >= 0.6 is 11.8 Å². The molecule has 2 amide bonds. The number of carbonyl (C=O) groups excluding carboxylic acids is 2. The van der Waals surface area contributed by atoms with Crippen LogP contribution in [0.5, 0.6) is 0 Å². The van der Waals surface area contributed by atoms with Gasteiger partial charge in [0.25, 0.3) is 0 Å². The zero-order valence-corrected chi connectivity index (χ0v) is 19.2. The summed E-state index contributed by atoms with van der Waals surface area (Å²) in [5.41, 5.74) is 1.95. The Bertz CT molecular complexity index is 1000. The van der Waals surface area contributed by atoms with E-state index in [2.05, 4.69) is 30.3 Å². The van der Waals surface area contributed by atoms with Crippen molar-refractivity contribution >= 4 is 23.8 Å². The zero-order chi connectivity index (χ0) is 22.5. The van der Waals surface area contributed by atoms with Gasteiger partial charge in [-0.25, -0.2) is 9.59 Å². The maximum Gasteiger partial charge on any atom is 0.337 e. The molecular weight excluding hydrogens is 428 g/mol. The second-order valence-electron chi connectivity index (χ2n) is 7.77. The fraction of sp³-hybridized carbons (Fsp3) is 0.455. The molecule has 2 aliphatic rings. The molecule has 32 heavy (non-hydrogen) atoms. The lowest BCUT2D eigenvalue weighted by atomic mass is 10.1. The van der Waals surface area contributed by atoms with Crippen molar-refractivity contribution in [3.63, 3.8) is 0 Å². The van der Waals surface area contributed by atoms with Crippen LogP contribution in [0.4, 0.5) is 4.79 Å². The third-order valence-electron chi connectivity index (χ3n) is 5.49. The maximum absolute atomic E-state index is 12.5. The van der Waals surface area contributed by atoms with Crippen LogP contribution in [-0.4, -0.2) is 63.2 Å². The average Bonchev–Trinajstić information content (AvgIpc) is 3.43. The number of esters is 1.